The Balaban J connectivity index is 2.05. The maximum absolute atomic E-state index is 12.1. The van der Waals surface area contributed by atoms with E-state index in [0.717, 1.165) is 18.7 Å². The molecule has 1 aliphatic heterocycles. The van der Waals surface area contributed by atoms with Crippen LogP contribution >= 0.6 is 11.8 Å². The average molecular weight is 250 g/mol. The van der Waals surface area contributed by atoms with E-state index in [1.807, 2.05) is 19.2 Å². The molecule has 4 heteroatoms. The Bertz CT molecular complexity index is 395. The number of benzene rings is 1. The summed E-state index contributed by atoms with van der Waals surface area (Å²) < 4.78 is 0. The van der Waals surface area contributed by atoms with E-state index < -0.39 is 0 Å². The van der Waals surface area contributed by atoms with Gasteiger partial charge < -0.3 is 10.6 Å². The number of rotatable bonds is 4. The van der Waals surface area contributed by atoms with E-state index in [4.69, 9.17) is 0 Å². The molecule has 0 spiro atoms. The van der Waals surface area contributed by atoms with Crippen molar-refractivity contribution in [3.8, 4) is 0 Å². The molecule has 1 unspecified atom stereocenters. The second-order valence-electron chi connectivity index (χ2n) is 4.09. The summed E-state index contributed by atoms with van der Waals surface area (Å²) in [6.45, 7) is 1.50. The van der Waals surface area contributed by atoms with Gasteiger partial charge in [0.15, 0.2) is 0 Å². The van der Waals surface area contributed by atoms with Crippen LogP contribution in [0.2, 0.25) is 0 Å². The molecular formula is C13H18N2OS. The molecular weight excluding hydrogens is 232 g/mol. The fourth-order valence-electron chi connectivity index (χ4n) is 2.01. The van der Waals surface area contributed by atoms with E-state index in [2.05, 4.69) is 22.8 Å². The zero-order valence-corrected chi connectivity index (χ0v) is 10.8. The second kappa shape index (κ2) is 6.07. The Morgan fingerprint density at radius 2 is 2.24 bits per heavy atom. The van der Waals surface area contributed by atoms with Gasteiger partial charge in [-0.25, -0.2) is 0 Å². The van der Waals surface area contributed by atoms with Crippen LogP contribution in [0.4, 0.5) is 0 Å². The van der Waals surface area contributed by atoms with E-state index in [9.17, 15) is 4.79 Å². The minimum Gasteiger partial charge on any atom is -0.354 e. The van der Waals surface area contributed by atoms with Crippen LogP contribution in [0.15, 0.2) is 24.3 Å². The molecule has 0 fully saturated rings. The first-order valence-electron chi connectivity index (χ1n) is 5.94. The van der Waals surface area contributed by atoms with Crippen molar-refractivity contribution in [2.24, 2.45) is 0 Å². The highest BCUT2D eigenvalue weighted by Gasteiger charge is 2.26. The minimum atomic E-state index is -0.0307. The van der Waals surface area contributed by atoms with Crippen LogP contribution in [-0.2, 0) is 11.2 Å². The summed E-state index contributed by atoms with van der Waals surface area (Å²) in [6.07, 6.45) is 1.07. The van der Waals surface area contributed by atoms with E-state index in [0.29, 0.717) is 6.54 Å². The fraction of sp³-hybridized carbons (Fsp3) is 0.462. The number of thioether (sulfide) groups is 1. The first-order chi connectivity index (χ1) is 8.33. The van der Waals surface area contributed by atoms with E-state index in [-0.39, 0.29) is 11.2 Å². The highest BCUT2D eigenvalue weighted by molar-refractivity contribution is 8.00. The molecule has 0 aliphatic carbocycles. The number of amides is 1. The summed E-state index contributed by atoms with van der Waals surface area (Å²) in [5, 5.41) is 5.96. The lowest BCUT2D eigenvalue weighted by atomic mass is 10.0. The van der Waals surface area contributed by atoms with Gasteiger partial charge in [-0.2, -0.15) is 0 Å². The van der Waals surface area contributed by atoms with Crippen molar-refractivity contribution in [3.63, 3.8) is 0 Å². The van der Waals surface area contributed by atoms with Crippen molar-refractivity contribution in [2.45, 2.75) is 11.7 Å². The molecule has 1 aliphatic rings. The predicted molar refractivity (Wildman–Crippen MR) is 72.3 cm³/mol. The molecule has 1 heterocycles. The molecule has 1 atom stereocenters. The van der Waals surface area contributed by atoms with Crippen LogP contribution in [0.1, 0.15) is 16.4 Å². The molecule has 0 saturated heterocycles. The van der Waals surface area contributed by atoms with Crippen molar-refractivity contribution in [1.82, 2.24) is 10.6 Å². The number of carbonyl (C=O) groups is 1. The lowest BCUT2D eigenvalue weighted by Gasteiger charge is -2.24. The molecule has 3 nitrogen and oxygen atoms in total. The highest BCUT2D eigenvalue weighted by atomic mass is 32.2. The van der Waals surface area contributed by atoms with Crippen LogP contribution in [0, 0.1) is 0 Å². The molecule has 92 valence electrons. The topological polar surface area (TPSA) is 41.1 Å². The van der Waals surface area contributed by atoms with Crippen molar-refractivity contribution >= 4 is 17.7 Å². The standard InChI is InChI=1S/C13H18N2OS/c1-14-7-8-15-13(16)12-11-5-3-2-4-10(11)6-9-17-12/h2-5,12,14H,6-9H2,1H3,(H,15,16). The van der Waals surface area contributed by atoms with E-state index >= 15 is 0 Å². The number of fused-ring (bicyclic) bond motifs is 1. The first-order valence-corrected chi connectivity index (χ1v) is 6.99. The van der Waals surface area contributed by atoms with Gasteiger partial charge in [0, 0.05) is 13.1 Å². The molecule has 0 aromatic heterocycles. The van der Waals surface area contributed by atoms with Crippen LogP contribution < -0.4 is 10.6 Å². The maximum atomic E-state index is 12.1. The Labute approximate surface area is 106 Å². The summed E-state index contributed by atoms with van der Waals surface area (Å²) in [6, 6.07) is 8.26. The van der Waals surface area contributed by atoms with Gasteiger partial charge in [-0.1, -0.05) is 24.3 Å². The van der Waals surface area contributed by atoms with E-state index in [1.165, 1.54) is 11.1 Å². The number of nitrogens with one attached hydrogen (secondary N) is 2. The molecule has 0 radical (unpaired) electrons. The first kappa shape index (κ1) is 12.5. The van der Waals surface area contributed by atoms with Crippen LogP contribution in [0.3, 0.4) is 0 Å². The number of carbonyl (C=O) groups excluding carboxylic acids is 1. The Kier molecular flexibility index (Phi) is 4.45. The average Bonchev–Trinajstić information content (AvgIpc) is 2.38. The van der Waals surface area contributed by atoms with Crippen molar-refractivity contribution in [3.05, 3.63) is 35.4 Å². The quantitative estimate of drug-likeness (QED) is 0.793. The monoisotopic (exact) mass is 250 g/mol. The summed E-state index contributed by atoms with van der Waals surface area (Å²) in [5.41, 5.74) is 2.51. The van der Waals surface area contributed by atoms with Crippen LogP contribution in [-0.4, -0.2) is 31.8 Å². The third-order valence-corrected chi connectivity index (χ3v) is 4.15. The Morgan fingerprint density at radius 1 is 1.41 bits per heavy atom. The van der Waals surface area contributed by atoms with Crippen molar-refractivity contribution in [1.29, 1.82) is 0 Å². The zero-order valence-electron chi connectivity index (χ0n) is 10.0. The van der Waals surface area contributed by atoms with Gasteiger partial charge in [0.1, 0.15) is 5.25 Å². The predicted octanol–water partition coefficient (Wildman–Crippen LogP) is 1.35. The summed E-state index contributed by atoms with van der Waals surface area (Å²) in [4.78, 5) is 12.1. The molecule has 2 N–H and O–H groups in total. The largest absolute Gasteiger partial charge is 0.354 e. The van der Waals surface area contributed by atoms with Crippen LogP contribution in [0.5, 0.6) is 0 Å². The second-order valence-corrected chi connectivity index (χ2v) is 5.31. The summed E-state index contributed by atoms with van der Waals surface area (Å²) in [7, 11) is 1.89. The fourth-order valence-corrected chi connectivity index (χ4v) is 3.23. The lowest BCUT2D eigenvalue weighted by Crippen LogP contribution is -2.34. The van der Waals surface area contributed by atoms with Crippen molar-refractivity contribution < 1.29 is 4.79 Å². The molecule has 2 rings (SSSR count). The number of hydrogen-bond donors (Lipinski definition) is 2. The van der Waals surface area contributed by atoms with Gasteiger partial charge in [-0.15, -0.1) is 11.8 Å². The number of likely N-dealkylation sites (N-methyl/N-ethyl adjacent to an activating group) is 1. The van der Waals surface area contributed by atoms with Gasteiger partial charge >= 0.3 is 0 Å². The lowest BCUT2D eigenvalue weighted by molar-refractivity contribution is -0.120. The molecule has 1 amide bonds. The number of hydrogen-bond acceptors (Lipinski definition) is 3. The molecule has 17 heavy (non-hydrogen) atoms. The molecule has 0 bridgehead atoms. The summed E-state index contributed by atoms with van der Waals surface area (Å²) >= 11 is 1.74. The van der Waals surface area contributed by atoms with Gasteiger partial charge in [0.2, 0.25) is 5.91 Å². The Hall–Kier alpha value is -1.00. The third-order valence-electron chi connectivity index (χ3n) is 2.91. The van der Waals surface area contributed by atoms with Gasteiger partial charge in [0.25, 0.3) is 0 Å². The maximum Gasteiger partial charge on any atom is 0.237 e. The van der Waals surface area contributed by atoms with E-state index in [1.54, 1.807) is 11.8 Å². The third kappa shape index (κ3) is 3.01. The van der Waals surface area contributed by atoms with Crippen LogP contribution in [0.25, 0.3) is 0 Å². The van der Waals surface area contributed by atoms with Gasteiger partial charge in [-0.3, -0.25) is 4.79 Å². The van der Waals surface area contributed by atoms with Gasteiger partial charge in [0.05, 0.1) is 0 Å². The minimum absolute atomic E-state index is 0.0307. The highest BCUT2D eigenvalue weighted by Crippen LogP contribution is 2.36. The molecule has 0 saturated carbocycles. The van der Waals surface area contributed by atoms with Crippen molar-refractivity contribution in [2.75, 3.05) is 25.9 Å². The zero-order chi connectivity index (χ0) is 12.1. The molecule has 1 aromatic rings. The summed E-state index contributed by atoms with van der Waals surface area (Å²) in [5.74, 6) is 1.17. The van der Waals surface area contributed by atoms with Gasteiger partial charge in [-0.05, 0) is 30.3 Å². The smallest absolute Gasteiger partial charge is 0.237 e. The number of aryl methyl sites for hydroxylation is 1. The SMILES string of the molecule is CNCCNC(=O)C1SCCc2ccccc21. The normalized spacial score (nSPS) is 18.5. The Morgan fingerprint density at radius 3 is 3.06 bits per heavy atom. The molecule has 1 aromatic carbocycles.